The zero-order valence-electron chi connectivity index (χ0n) is 15.7. The number of carbonyl (C=O) groups is 1. The number of rotatable bonds is 3. The van der Waals surface area contributed by atoms with Crippen LogP contribution < -0.4 is 0 Å². The Hall–Kier alpha value is -2.71. The molecule has 3 aromatic rings. The number of ether oxygens (including phenoxy) is 2. The van der Waals surface area contributed by atoms with Crippen molar-refractivity contribution in [1.82, 2.24) is 19.6 Å². The molecule has 8 heteroatoms. The fourth-order valence-electron chi connectivity index (χ4n) is 3.98. The number of para-hydroxylation sites is 2. The number of nitrogens with zero attached hydrogens (tertiary/aromatic N) is 4. The number of fused-ring (bicyclic) bond motifs is 2. The molecule has 2 aromatic heterocycles. The summed E-state index contributed by atoms with van der Waals surface area (Å²) in [6, 6.07) is 9.90. The highest BCUT2D eigenvalue weighted by Crippen LogP contribution is 2.26. The second-order valence-corrected chi connectivity index (χ2v) is 7.45. The number of aromatic nitrogens is 3. The highest BCUT2D eigenvalue weighted by Gasteiger charge is 2.39. The van der Waals surface area contributed by atoms with Crippen molar-refractivity contribution in [2.75, 3.05) is 26.3 Å². The standard InChI is InChI=1S/C20H22N4O4/c1-13-6-15(28-22-13)7-20(25)23-8-18-19(9-23)27-11-14(10-26-18)24-12-21-16-4-2-3-5-17(16)24/h2-6,12,14,18-19H,7-11H2,1H3/t18-,19-/m0/s1. The van der Waals surface area contributed by atoms with Crippen molar-refractivity contribution in [2.24, 2.45) is 0 Å². The van der Waals surface area contributed by atoms with Crippen molar-refractivity contribution < 1.29 is 18.8 Å². The minimum atomic E-state index is -0.111. The first-order chi connectivity index (χ1) is 13.7. The molecular weight excluding hydrogens is 360 g/mol. The lowest BCUT2D eigenvalue weighted by atomic mass is 10.2. The van der Waals surface area contributed by atoms with E-state index in [0.717, 1.165) is 16.7 Å². The van der Waals surface area contributed by atoms with Crippen LogP contribution in [0, 0.1) is 6.92 Å². The minimum absolute atomic E-state index is 0.00794. The lowest BCUT2D eigenvalue weighted by Crippen LogP contribution is -2.32. The van der Waals surface area contributed by atoms with E-state index in [0.29, 0.717) is 32.1 Å². The number of carbonyl (C=O) groups excluding carboxylic acids is 1. The van der Waals surface area contributed by atoms with Gasteiger partial charge in [0.1, 0.15) is 18.0 Å². The Morgan fingerprint density at radius 1 is 1.18 bits per heavy atom. The van der Waals surface area contributed by atoms with Gasteiger partial charge >= 0.3 is 0 Å². The minimum Gasteiger partial charge on any atom is -0.371 e. The summed E-state index contributed by atoms with van der Waals surface area (Å²) >= 11 is 0. The Balaban J connectivity index is 1.23. The topological polar surface area (TPSA) is 82.6 Å². The number of benzene rings is 1. The zero-order valence-corrected chi connectivity index (χ0v) is 15.7. The van der Waals surface area contributed by atoms with Gasteiger partial charge in [0.05, 0.1) is 48.7 Å². The summed E-state index contributed by atoms with van der Waals surface area (Å²) in [5.74, 6) is 0.594. The number of amides is 1. The molecule has 0 unspecified atom stereocenters. The summed E-state index contributed by atoms with van der Waals surface area (Å²) in [5, 5.41) is 3.83. The van der Waals surface area contributed by atoms with Gasteiger partial charge in [0.25, 0.3) is 0 Å². The monoisotopic (exact) mass is 382 g/mol. The largest absolute Gasteiger partial charge is 0.371 e. The molecule has 1 amide bonds. The Morgan fingerprint density at radius 3 is 2.64 bits per heavy atom. The van der Waals surface area contributed by atoms with E-state index < -0.39 is 0 Å². The number of likely N-dealkylation sites (tertiary alicyclic amines) is 1. The molecule has 0 spiro atoms. The van der Waals surface area contributed by atoms with Crippen LogP contribution in [0.2, 0.25) is 0 Å². The molecule has 2 aliphatic rings. The van der Waals surface area contributed by atoms with Crippen LogP contribution in [0.5, 0.6) is 0 Å². The lowest BCUT2D eigenvalue weighted by Gasteiger charge is -2.19. The van der Waals surface area contributed by atoms with Crippen molar-refractivity contribution in [2.45, 2.75) is 31.6 Å². The molecule has 2 aliphatic heterocycles. The van der Waals surface area contributed by atoms with E-state index in [1.807, 2.05) is 31.5 Å². The van der Waals surface area contributed by atoms with Crippen molar-refractivity contribution >= 4 is 16.9 Å². The molecule has 0 aliphatic carbocycles. The fourth-order valence-corrected chi connectivity index (χ4v) is 3.98. The average Bonchev–Trinajstić information content (AvgIpc) is 3.38. The van der Waals surface area contributed by atoms with Crippen LogP contribution in [0.1, 0.15) is 17.5 Å². The van der Waals surface area contributed by atoms with E-state index in [2.05, 4.69) is 20.8 Å². The van der Waals surface area contributed by atoms with E-state index in [1.165, 1.54) is 0 Å². The van der Waals surface area contributed by atoms with Gasteiger partial charge in [-0.2, -0.15) is 0 Å². The zero-order chi connectivity index (χ0) is 19.1. The van der Waals surface area contributed by atoms with Crippen LogP contribution in [-0.4, -0.2) is 64.0 Å². The Kier molecular flexibility index (Phi) is 4.37. The van der Waals surface area contributed by atoms with Crippen LogP contribution in [0.15, 0.2) is 41.2 Å². The molecule has 2 saturated heterocycles. The van der Waals surface area contributed by atoms with E-state index in [1.54, 1.807) is 11.0 Å². The summed E-state index contributed by atoms with van der Waals surface area (Å²) in [6.45, 7) is 3.98. The van der Waals surface area contributed by atoms with Crippen LogP contribution >= 0.6 is 0 Å². The molecule has 0 bridgehead atoms. The molecular formula is C20H22N4O4. The maximum Gasteiger partial charge on any atom is 0.230 e. The molecule has 0 radical (unpaired) electrons. The predicted octanol–water partition coefficient (Wildman–Crippen LogP) is 1.74. The fraction of sp³-hybridized carbons (Fsp3) is 0.450. The second kappa shape index (κ2) is 7.03. The van der Waals surface area contributed by atoms with Crippen molar-refractivity contribution in [3.8, 4) is 0 Å². The number of imidazole rings is 1. The SMILES string of the molecule is Cc1cc(CC(=O)N2C[C@@H]3OCC(n4cnc5ccccc54)CO[C@H]3C2)on1. The Morgan fingerprint density at radius 2 is 1.93 bits per heavy atom. The third kappa shape index (κ3) is 3.18. The highest BCUT2D eigenvalue weighted by molar-refractivity contribution is 5.78. The van der Waals surface area contributed by atoms with E-state index in [-0.39, 0.29) is 30.6 Å². The first-order valence-corrected chi connectivity index (χ1v) is 9.52. The Labute approximate surface area is 162 Å². The number of hydrogen-bond acceptors (Lipinski definition) is 6. The van der Waals surface area contributed by atoms with Crippen LogP contribution in [-0.2, 0) is 20.7 Å². The van der Waals surface area contributed by atoms with Gasteiger partial charge in [-0.3, -0.25) is 4.79 Å². The summed E-state index contributed by atoms with van der Waals surface area (Å²) in [4.78, 5) is 18.8. The van der Waals surface area contributed by atoms with Gasteiger partial charge in [-0.1, -0.05) is 17.3 Å². The maximum absolute atomic E-state index is 12.6. The van der Waals surface area contributed by atoms with E-state index in [9.17, 15) is 4.79 Å². The third-order valence-corrected chi connectivity index (χ3v) is 5.45. The van der Waals surface area contributed by atoms with Gasteiger partial charge in [0.2, 0.25) is 5.91 Å². The summed E-state index contributed by atoms with van der Waals surface area (Å²) < 4.78 is 19.6. The predicted molar refractivity (Wildman–Crippen MR) is 99.8 cm³/mol. The molecule has 1 aromatic carbocycles. The van der Waals surface area contributed by atoms with Gasteiger partial charge in [-0.15, -0.1) is 0 Å². The average molecular weight is 382 g/mol. The molecule has 2 atom stereocenters. The van der Waals surface area contributed by atoms with Gasteiger partial charge < -0.3 is 23.5 Å². The molecule has 0 N–H and O–H groups in total. The van der Waals surface area contributed by atoms with Gasteiger partial charge in [0.15, 0.2) is 0 Å². The lowest BCUT2D eigenvalue weighted by molar-refractivity contribution is -0.130. The molecule has 146 valence electrons. The van der Waals surface area contributed by atoms with E-state index in [4.69, 9.17) is 14.0 Å². The van der Waals surface area contributed by atoms with Crippen molar-refractivity contribution in [3.05, 3.63) is 48.1 Å². The second-order valence-electron chi connectivity index (χ2n) is 7.45. The van der Waals surface area contributed by atoms with Crippen molar-refractivity contribution in [1.29, 1.82) is 0 Å². The normalized spacial score (nSPS) is 23.1. The molecule has 2 fully saturated rings. The summed E-state index contributed by atoms with van der Waals surface area (Å²) in [7, 11) is 0. The maximum atomic E-state index is 12.6. The van der Waals surface area contributed by atoms with Crippen LogP contribution in [0.25, 0.3) is 11.0 Å². The summed E-state index contributed by atoms with van der Waals surface area (Å²) in [6.07, 6.45) is 1.84. The van der Waals surface area contributed by atoms with E-state index >= 15 is 0 Å². The van der Waals surface area contributed by atoms with Crippen LogP contribution in [0.4, 0.5) is 0 Å². The summed E-state index contributed by atoms with van der Waals surface area (Å²) in [5.41, 5.74) is 2.82. The molecule has 5 rings (SSSR count). The van der Waals surface area contributed by atoms with Gasteiger partial charge in [0, 0.05) is 19.2 Å². The third-order valence-electron chi connectivity index (χ3n) is 5.45. The van der Waals surface area contributed by atoms with Gasteiger partial charge in [-0.25, -0.2) is 4.98 Å². The molecule has 8 nitrogen and oxygen atoms in total. The van der Waals surface area contributed by atoms with Crippen molar-refractivity contribution in [3.63, 3.8) is 0 Å². The first kappa shape index (κ1) is 17.4. The smallest absolute Gasteiger partial charge is 0.230 e. The Bertz CT molecular complexity index is 981. The first-order valence-electron chi connectivity index (χ1n) is 9.52. The molecule has 4 heterocycles. The quantitative estimate of drug-likeness (QED) is 0.686. The highest BCUT2D eigenvalue weighted by atomic mass is 16.6. The van der Waals surface area contributed by atoms with Crippen LogP contribution in [0.3, 0.4) is 0 Å². The number of aryl methyl sites for hydroxylation is 1. The van der Waals surface area contributed by atoms with Gasteiger partial charge in [-0.05, 0) is 19.1 Å². The number of hydrogen-bond donors (Lipinski definition) is 0. The molecule has 0 saturated carbocycles. The molecule has 28 heavy (non-hydrogen) atoms.